The fraction of sp³-hybridized carbons (Fsp3) is 0.161. The molecule has 0 radical (unpaired) electrons. The number of nitrogens with zero attached hydrogens (tertiary/aromatic N) is 2. The summed E-state index contributed by atoms with van der Waals surface area (Å²) in [6.45, 7) is 5.63. The Morgan fingerprint density at radius 1 is 0.875 bits per heavy atom. The molecule has 2 N–H and O–H groups in total. The number of anilines is 1. The van der Waals surface area contributed by atoms with E-state index in [4.69, 9.17) is 4.98 Å². The van der Waals surface area contributed by atoms with Crippen LogP contribution in [0.4, 0.5) is 5.69 Å². The molecule has 0 saturated carbocycles. The molecule has 2 heterocycles. The van der Waals surface area contributed by atoms with Crippen LogP contribution in [-0.4, -0.2) is 33.7 Å². The van der Waals surface area contributed by atoms with Gasteiger partial charge in [-0.05, 0) is 49.1 Å². The van der Waals surface area contributed by atoms with Gasteiger partial charge in [-0.1, -0.05) is 78.5 Å². The van der Waals surface area contributed by atoms with Crippen LogP contribution in [0.5, 0.6) is 0 Å². The van der Waals surface area contributed by atoms with Crippen molar-refractivity contribution in [2.45, 2.75) is 25.9 Å². The molecular formula is C31H28N4O3S2. The summed E-state index contributed by atoms with van der Waals surface area (Å²) >= 11 is 2.57. The van der Waals surface area contributed by atoms with Gasteiger partial charge in [0.2, 0.25) is 11.8 Å². The summed E-state index contributed by atoms with van der Waals surface area (Å²) in [5.74, 6) is -0.639. The monoisotopic (exact) mass is 568 g/mol. The zero-order valence-corrected chi connectivity index (χ0v) is 24.0. The molecule has 0 atom stereocenters. The second-order valence-corrected chi connectivity index (χ2v) is 11.2. The van der Waals surface area contributed by atoms with Crippen molar-refractivity contribution in [2.24, 2.45) is 0 Å². The predicted octanol–water partition coefficient (Wildman–Crippen LogP) is 5.89. The summed E-state index contributed by atoms with van der Waals surface area (Å²) in [6.07, 6.45) is 0. The first kappa shape index (κ1) is 27.4. The van der Waals surface area contributed by atoms with Crippen molar-refractivity contribution in [3.8, 4) is 16.8 Å². The Kier molecular flexibility index (Phi) is 8.14. The van der Waals surface area contributed by atoms with Crippen LogP contribution >= 0.6 is 23.1 Å². The Morgan fingerprint density at radius 2 is 1.55 bits per heavy atom. The maximum Gasteiger partial charge on any atom is 0.268 e. The lowest BCUT2D eigenvalue weighted by atomic mass is 10.1. The first-order valence-electron chi connectivity index (χ1n) is 12.7. The van der Waals surface area contributed by atoms with Crippen molar-refractivity contribution in [1.82, 2.24) is 14.9 Å². The van der Waals surface area contributed by atoms with Gasteiger partial charge in [0.1, 0.15) is 4.83 Å². The third-order valence-electron chi connectivity index (χ3n) is 6.54. The van der Waals surface area contributed by atoms with Gasteiger partial charge in [0.15, 0.2) is 5.16 Å². The Balaban J connectivity index is 1.39. The first-order chi connectivity index (χ1) is 19.3. The Hall–Kier alpha value is -4.21. The van der Waals surface area contributed by atoms with Crippen molar-refractivity contribution >= 4 is 50.8 Å². The molecule has 0 bridgehead atoms. The zero-order valence-electron chi connectivity index (χ0n) is 22.4. The van der Waals surface area contributed by atoms with Crippen LogP contribution in [0.1, 0.15) is 16.7 Å². The Bertz CT molecular complexity index is 1760. The number of aromatic nitrogens is 2. The van der Waals surface area contributed by atoms with E-state index in [2.05, 4.69) is 10.6 Å². The average Bonchev–Trinajstić information content (AvgIpc) is 3.38. The molecule has 0 fully saturated rings. The summed E-state index contributed by atoms with van der Waals surface area (Å²) in [7, 11) is 0. The summed E-state index contributed by atoms with van der Waals surface area (Å²) in [4.78, 5) is 44.7. The smallest absolute Gasteiger partial charge is 0.268 e. The fourth-order valence-corrected chi connectivity index (χ4v) is 6.31. The molecule has 3 aromatic carbocycles. The molecule has 0 aliphatic heterocycles. The van der Waals surface area contributed by atoms with Crippen molar-refractivity contribution in [2.75, 3.05) is 17.6 Å². The number of thiophene rings is 1. The molecule has 9 heteroatoms. The number of amides is 2. The van der Waals surface area contributed by atoms with Crippen molar-refractivity contribution in [1.29, 1.82) is 0 Å². The van der Waals surface area contributed by atoms with Gasteiger partial charge in [-0.15, -0.1) is 11.3 Å². The largest absolute Gasteiger partial charge is 0.346 e. The van der Waals surface area contributed by atoms with E-state index in [1.54, 1.807) is 4.57 Å². The van der Waals surface area contributed by atoms with Gasteiger partial charge in [-0.25, -0.2) is 4.98 Å². The molecule has 2 aromatic heterocycles. The van der Waals surface area contributed by atoms with Crippen LogP contribution in [0, 0.1) is 20.8 Å². The number of benzene rings is 3. The van der Waals surface area contributed by atoms with Crippen molar-refractivity contribution in [3.05, 3.63) is 105 Å². The molecule has 7 nitrogen and oxygen atoms in total. The van der Waals surface area contributed by atoms with E-state index in [9.17, 15) is 14.4 Å². The standard InChI is InChI=1S/C31H28N4O3S2/c1-19-10-7-8-15-24(19)35-30(38)27-23(22-13-5-4-6-14-22)17-39-29(27)34-31(35)40-18-26(37)32-16-25(36)33-28-20(2)11-9-12-21(28)3/h4-15,17H,16,18H2,1-3H3,(H,32,37)(H,33,36). The van der Waals surface area contributed by atoms with E-state index in [1.165, 1.54) is 23.1 Å². The highest BCUT2D eigenvalue weighted by molar-refractivity contribution is 7.99. The average molecular weight is 569 g/mol. The SMILES string of the molecule is Cc1ccccc1-n1c(SCC(=O)NCC(=O)Nc2c(C)cccc2C)nc2scc(-c3ccccc3)c2c1=O. The Morgan fingerprint density at radius 3 is 2.27 bits per heavy atom. The molecule has 5 rings (SSSR count). The number of carbonyl (C=O) groups excluding carboxylic acids is 2. The van der Waals surface area contributed by atoms with Crippen molar-refractivity contribution in [3.63, 3.8) is 0 Å². The first-order valence-corrected chi connectivity index (χ1v) is 14.6. The second kappa shape index (κ2) is 11.9. The normalized spacial score (nSPS) is 11.0. The lowest BCUT2D eigenvalue weighted by molar-refractivity contribution is -0.122. The number of aryl methyl sites for hydroxylation is 3. The molecule has 0 aliphatic rings. The molecule has 40 heavy (non-hydrogen) atoms. The predicted molar refractivity (Wildman–Crippen MR) is 164 cm³/mol. The number of hydrogen-bond acceptors (Lipinski definition) is 6. The van der Waals surface area contributed by atoms with Crippen LogP contribution < -0.4 is 16.2 Å². The van der Waals surface area contributed by atoms with Gasteiger partial charge in [0.05, 0.1) is 23.4 Å². The van der Waals surface area contributed by atoms with E-state index in [0.717, 1.165) is 33.5 Å². The molecular weight excluding hydrogens is 541 g/mol. The lowest BCUT2D eigenvalue weighted by Crippen LogP contribution is -2.34. The van der Waals surface area contributed by atoms with Crippen LogP contribution in [0.15, 0.2) is 88.1 Å². The molecule has 2 amide bonds. The van der Waals surface area contributed by atoms with E-state index in [0.29, 0.717) is 21.1 Å². The van der Waals surface area contributed by atoms with Crippen molar-refractivity contribution < 1.29 is 9.59 Å². The number of para-hydroxylation sites is 2. The van der Waals surface area contributed by atoms with Gasteiger partial charge < -0.3 is 10.6 Å². The molecule has 0 saturated heterocycles. The van der Waals surface area contributed by atoms with E-state index >= 15 is 0 Å². The van der Waals surface area contributed by atoms with Crippen LogP contribution in [0.3, 0.4) is 0 Å². The molecule has 0 spiro atoms. The molecule has 0 aliphatic carbocycles. The van der Waals surface area contributed by atoms with Gasteiger partial charge >= 0.3 is 0 Å². The van der Waals surface area contributed by atoms with Gasteiger partial charge in [0.25, 0.3) is 5.56 Å². The summed E-state index contributed by atoms with van der Waals surface area (Å²) in [5, 5.41) is 8.47. The summed E-state index contributed by atoms with van der Waals surface area (Å²) < 4.78 is 1.59. The van der Waals surface area contributed by atoms with E-state index in [-0.39, 0.29) is 29.7 Å². The summed E-state index contributed by atoms with van der Waals surface area (Å²) in [5.41, 5.74) is 5.88. The van der Waals surface area contributed by atoms with Gasteiger partial charge in [0, 0.05) is 16.6 Å². The number of fused-ring (bicyclic) bond motifs is 1. The fourth-order valence-electron chi connectivity index (χ4n) is 4.48. The minimum atomic E-state index is -0.330. The van der Waals surface area contributed by atoms with Gasteiger partial charge in [-0.2, -0.15) is 0 Å². The molecule has 202 valence electrons. The van der Waals surface area contributed by atoms with Crippen LogP contribution in [0.2, 0.25) is 0 Å². The van der Waals surface area contributed by atoms with E-state index < -0.39 is 0 Å². The van der Waals surface area contributed by atoms with Gasteiger partial charge in [-0.3, -0.25) is 19.0 Å². The van der Waals surface area contributed by atoms with E-state index in [1.807, 2.05) is 98.9 Å². The minimum absolute atomic E-state index is 0.00256. The Labute approximate surface area is 240 Å². The third-order valence-corrected chi connectivity index (χ3v) is 8.35. The quantitative estimate of drug-likeness (QED) is 0.180. The highest BCUT2D eigenvalue weighted by Crippen LogP contribution is 2.33. The number of rotatable bonds is 8. The summed E-state index contributed by atoms with van der Waals surface area (Å²) in [6, 6.07) is 23.2. The number of hydrogen-bond donors (Lipinski definition) is 2. The van der Waals surface area contributed by atoms with Crippen LogP contribution in [0.25, 0.3) is 27.0 Å². The van der Waals surface area contributed by atoms with Crippen LogP contribution in [-0.2, 0) is 9.59 Å². The topological polar surface area (TPSA) is 93.1 Å². The minimum Gasteiger partial charge on any atom is -0.346 e. The molecule has 0 unspecified atom stereocenters. The highest BCUT2D eigenvalue weighted by Gasteiger charge is 2.20. The lowest BCUT2D eigenvalue weighted by Gasteiger charge is -2.15. The zero-order chi connectivity index (χ0) is 28.2. The third kappa shape index (κ3) is 5.71. The molecule has 5 aromatic rings. The highest BCUT2D eigenvalue weighted by atomic mass is 32.2. The maximum absolute atomic E-state index is 14.0. The number of nitrogens with one attached hydrogen (secondary N) is 2. The number of thioether (sulfide) groups is 1. The second-order valence-electron chi connectivity index (χ2n) is 9.40. The number of carbonyl (C=O) groups is 2. The maximum atomic E-state index is 14.0.